The molecule has 3 nitrogen and oxygen atoms in total. The number of ether oxygens (including phenoxy) is 2. The van der Waals surface area contributed by atoms with E-state index >= 15 is 0 Å². The Morgan fingerprint density at radius 2 is 2.21 bits per heavy atom. The molecule has 14 heavy (non-hydrogen) atoms. The van der Waals surface area contributed by atoms with Crippen molar-refractivity contribution in [3.8, 4) is 5.75 Å². The van der Waals surface area contributed by atoms with Gasteiger partial charge in [0, 0.05) is 18.5 Å². The van der Waals surface area contributed by atoms with Crippen molar-refractivity contribution in [2.45, 2.75) is 0 Å². The summed E-state index contributed by atoms with van der Waals surface area (Å²) in [6, 6.07) is 7.55. The lowest BCUT2D eigenvalue weighted by Gasteiger charge is -2.01. The summed E-state index contributed by atoms with van der Waals surface area (Å²) in [6.07, 6.45) is 1.75. The largest absolute Gasteiger partial charge is 0.497 e. The van der Waals surface area contributed by atoms with Gasteiger partial charge >= 0.3 is 0 Å². The van der Waals surface area contributed by atoms with E-state index in [9.17, 15) is 0 Å². The molecule has 0 saturated carbocycles. The van der Waals surface area contributed by atoms with E-state index < -0.39 is 0 Å². The van der Waals surface area contributed by atoms with Gasteiger partial charge in [0.25, 0.3) is 0 Å². The summed E-state index contributed by atoms with van der Waals surface area (Å²) in [7, 11) is 3.15. The van der Waals surface area contributed by atoms with Gasteiger partial charge in [0.1, 0.15) is 5.75 Å². The monoisotopic (exact) mass is 209 g/mol. The van der Waals surface area contributed by atoms with E-state index in [1.165, 1.54) is 7.11 Å². The molecular formula is C10H11NO2S. The number of hydrogen-bond donors (Lipinski definition) is 0. The Morgan fingerprint density at radius 3 is 2.79 bits per heavy atom. The molecule has 0 aliphatic heterocycles. The molecule has 0 amide bonds. The fourth-order valence-corrected chi connectivity index (χ4v) is 1.12. The molecule has 0 heterocycles. The number of rotatable bonds is 4. The summed E-state index contributed by atoms with van der Waals surface area (Å²) in [5.41, 5.74) is 0.940. The van der Waals surface area contributed by atoms with E-state index in [1.807, 2.05) is 24.3 Å². The van der Waals surface area contributed by atoms with Crippen LogP contribution in [0, 0.1) is 0 Å². The molecule has 0 aliphatic carbocycles. The van der Waals surface area contributed by atoms with Crippen molar-refractivity contribution >= 4 is 18.5 Å². The van der Waals surface area contributed by atoms with E-state index in [2.05, 4.69) is 16.8 Å². The number of benzene rings is 1. The Morgan fingerprint density at radius 1 is 1.43 bits per heavy atom. The molecule has 0 spiro atoms. The van der Waals surface area contributed by atoms with Crippen molar-refractivity contribution in [2.75, 3.05) is 14.2 Å². The van der Waals surface area contributed by atoms with Crippen LogP contribution in [0.4, 0.5) is 0 Å². The highest BCUT2D eigenvalue weighted by atomic mass is 32.1. The van der Waals surface area contributed by atoms with Gasteiger partial charge in [-0.3, -0.25) is 0 Å². The molecular weight excluding hydrogens is 198 g/mol. The fourth-order valence-electron chi connectivity index (χ4n) is 0.996. The average molecular weight is 209 g/mol. The molecule has 0 radical (unpaired) electrons. The Bertz CT molecular complexity index is 350. The Kier molecular flexibility index (Phi) is 4.07. The third-order valence-corrected chi connectivity index (χ3v) is 1.86. The summed E-state index contributed by atoms with van der Waals surface area (Å²) in [5.74, 6) is 1.20. The topological polar surface area (TPSA) is 30.8 Å². The molecule has 0 N–H and O–H groups in total. The predicted molar refractivity (Wildman–Crippen MR) is 57.8 cm³/mol. The van der Waals surface area contributed by atoms with E-state index in [1.54, 1.807) is 13.2 Å². The summed E-state index contributed by atoms with van der Waals surface area (Å²) in [5, 5.41) is 0. The molecule has 0 aliphatic rings. The van der Waals surface area contributed by atoms with Crippen molar-refractivity contribution in [1.82, 2.24) is 0 Å². The second-order valence-electron chi connectivity index (χ2n) is 2.55. The fraction of sp³-hybridized carbons (Fsp3) is 0.200. The second kappa shape index (κ2) is 5.34. The highest BCUT2D eigenvalue weighted by Crippen LogP contribution is 2.15. The lowest BCUT2D eigenvalue weighted by Crippen LogP contribution is -1.84. The van der Waals surface area contributed by atoms with Crippen LogP contribution in [0.25, 0.3) is 6.08 Å². The SMILES string of the molecule is CO/C(=C/c1cccc(OC)c1)N=S. The van der Waals surface area contributed by atoms with Gasteiger partial charge in [-0.05, 0) is 17.7 Å². The van der Waals surface area contributed by atoms with Crippen molar-refractivity contribution in [1.29, 1.82) is 0 Å². The second-order valence-corrected chi connectivity index (χ2v) is 2.74. The first-order chi connectivity index (χ1) is 6.80. The van der Waals surface area contributed by atoms with Crippen LogP contribution in [0.2, 0.25) is 0 Å². The standard InChI is InChI=1S/C10H11NO2S/c1-12-9-5-3-4-8(6-9)7-10(11-14)13-2/h3-7H,1-2H3/b10-7+. The normalized spacial score (nSPS) is 10.9. The van der Waals surface area contributed by atoms with Crippen LogP contribution in [-0.4, -0.2) is 14.2 Å². The van der Waals surface area contributed by atoms with Crippen LogP contribution in [0.5, 0.6) is 5.75 Å². The molecule has 0 unspecified atom stereocenters. The van der Waals surface area contributed by atoms with E-state index in [4.69, 9.17) is 9.47 Å². The van der Waals surface area contributed by atoms with Crippen LogP contribution >= 0.6 is 0 Å². The minimum Gasteiger partial charge on any atom is -0.497 e. The first kappa shape index (κ1) is 10.7. The van der Waals surface area contributed by atoms with Gasteiger partial charge < -0.3 is 9.47 Å². The first-order valence-electron chi connectivity index (χ1n) is 4.03. The van der Waals surface area contributed by atoms with Crippen LogP contribution in [0.15, 0.2) is 34.5 Å². The minimum atomic E-state index is 0.410. The highest BCUT2D eigenvalue weighted by molar-refractivity contribution is 7.47. The first-order valence-corrected chi connectivity index (χ1v) is 4.39. The number of hydrogen-bond acceptors (Lipinski definition) is 4. The Balaban J connectivity index is 2.95. The Labute approximate surface area is 88.5 Å². The molecule has 1 aromatic carbocycles. The molecule has 0 bridgehead atoms. The van der Waals surface area contributed by atoms with Gasteiger partial charge in [-0.1, -0.05) is 12.1 Å². The maximum Gasteiger partial charge on any atom is 0.225 e. The molecule has 4 heteroatoms. The molecule has 1 rings (SSSR count). The molecule has 0 atom stereocenters. The van der Waals surface area contributed by atoms with Gasteiger partial charge in [-0.25, -0.2) is 0 Å². The van der Waals surface area contributed by atoms with Gasteiger partial charge in [-0.2, -0.15) is 0 Å². The molecule has 74 valence electrons. The lowest BCUT2D eigenvalue weighted by atomic mass is 10.2. The maximum atomic E-state index is 5.08. The summed E-state index contributed by atoms with van der Waals surface area (Å²) in [4.78, 5) is 0. The number of nitrogens with zero attached hydrogens (tertiary/aromatic N) is 1. The highest BCUT2D eigenvalue weighted by Gasteiger charge is 1.95. The van der Waals surface area contributed by atoms with Crippen molar-refractivity contribution in [3.05, 3.63) is 35.7 Å². The summed E-state index contributed by atoms with van der Waals surface area (Å²) >= 11 is 4.53. The van der Waals surface area contributed by atoms with Gasteiger partial charge in [-0.15, -0.1) is 4.36 Å². The average Bonchev–Trinajstić information content (AvgIpc) is 2.26. The van der Waals surface area contributed by atoms with Gasteiger partial charge in [0.05, 0.1) is 14.2 Å². The summed E-state index contributed by atoms with van der Waals surface area (Å²) < 4.78 is 13.5. The van der Waals surface area contributed by atoms with E-state index in [-0.39, 0.29) is 0 Å². The zero-order valence-electron chi connectivity index (χ0n) is 8.06. The molecule has 0 aromatic heterocycles. The van der Waals surface area contributed by atoms with Gasteiger partial charge in [0.2, 0.25) is 5.88 Å². The lowest BCUT2D eigenvalue weighted by molar-refractivity contribution is 0.294. The zero-order valence-corrected chi connectivity index (χ0v) is 8.88. The van der Waals surface area contributed by atoms with Crippen LogP contribution in [0.1, 0.15) is 5.56 Å². The molecule has 1 aromatic rings. The van der Waals surface area contributed by atoms with Crippen molar-refractivity contribution < 1.29 is 9.47 Å². The zero-order chi connectivity index (χ0) is 10.4. The third kappa shape index (κ3) is 2.81. The van der Waals surface area contributed by atoms with Crippen LogP contribution < -0.4 is 4.74 Å². The van der Waals surface area contributed by atoms with Crippen LogP contribution in [0.3, 0.4) is 0 Å². The maximum absolute atomic E-state index is 5.08. The number of methoxy groups -OCH3 is 2. The third-order valence-electron chi connectivity index (χ3n) is 1.68. The van der Waals surface area contributed by atoms with Crippen molar-refractivity contribution in [3.63, 3.8) is 0 Å². The van der Waals surface area contributed by atoms with E-state index in [0.717, 1.165) is 11.3 Å². The van der Waals surface area contributed by atoms with Crippen molar-refractivity contribution in [2.24, 2.45) is 4.36 Å². The Hall–Kier alpha value is -1.42. The molecule has 0 fully saturated rings. The summed E-state index contributed by atoms with van der Waals surface area (Å²) in [6.45, 7) is 0. The quantitative estimate of drug-likeness (QED) is 0.713. The minimum absolute atomic E-state index is 0.410. The van der Waals surface area contributed by atoms with Crippen LogP contribution in [-0.2, 0) is 17.2 Å². The predicted octanol–water partition coefficient (Wildman–Crippen LogP) is 2.37. The van der Waals surface area contributed by atoms with Gasteiger partial charge in [0.15, 0.2) is 0 Å². The smallest absolute Gasteiger partial charge is 0.225 e. The molecule has 0 saturated heterocycles. The van der Waals surface area contributed by atoms with E-state index in [0.29, 0.717) is 5.88 Å².